The van der Waals surface area contributed by atoms with E-state index in [4.69, 9.17) is 4.74 Å². The van der Waals surface area contributed by atoms with Crippen LogP contribution in [-0.2, 0) is 15.8 Å². The van der Waals surface area contributed by atoms with Gasteiger partial charge >= 0.3 is 0 Å². The van der Waals surface area contributed by atoms with Gasteiger partial charge in [-0.15, -0.1) is 0 Å². The zero-order valence-electron chi connectivity index (χ0n) is 17.5. The van der Waals surface area contributed by atoms with Gasteiger partial charge in [0.2, 0.25) is 0 Å². The lowest BCUT2D eigenvalue weighted by atomic mass is 9.59. The Morgan fingerprint density at radius 3 is 2.10 bits per heavy atom. The number of hydrogen-bond donors (Lipinski definition) is 0. The highest BCUT2D eigenvalue weighted by atomic mass is 16.5. The molecule has 0 amide bonds. The number of ether oxygens (including phenoxy) is 1. The lowest BCUT2D eigenvalue weighted by molar-refractivity contribution is -0.129. The second-order valence-electron chi connectivity index (χ2n) is 11.9. The van der Waals surface area contributed by atoms with Crippen molar-refractivity contribution in [2.75, 3.05) is 0 Å². The van der Waals surface area contributed by atoms with Gasteiger partial charge in [-0.1, -0.05) is 54.6 Å². The van der Waals surface area contributed by atoms with Crippen LogP contribution in [0.5, 0.6) is 0 Å². The first-order chi connectivity index (χ1) is 14.9. The van der Waals surface area contributed by atoms with Gasteiger partial charge in [-0.25, -0.2) is 0 Å². The molecule has 152 valence electrons. The molecule has 5 unspecified atom stereocenters. The Kier molecular flexibility index (Phi) is 2.63. The fourth-order valence-electron chi connectivity index (χ4n) is 11.2. The smallest absolute Gasteiger partial charge is 0.108 e. The van der Waals surface area contributed by atoms with E-state index in [9.17, 15) is 0 Å². The Morgan fingerprint density at radius 2 is 1.30 bits per heavy atom. The molecular formula is C29H30O. The minimum Gasteiger partial charge on any atom is -0.361 e. The van der Waals surface area contributed by atoms with Gasteiger partial charge in [-0.3, -0.25) is 0 Å². The van der Waals surface area contributed by atoms with Gasteiger partial charge in [0, 0.05) is 11.3 Å². The molecule has 1 spiro atoms. The maximum atomic E-state index is 7.58. The van der Waals surface area contributed by atoms with Crippen molar-refractivity contribution in [1.82, 2.24) is 0 Å². The lowest BCUT2D eigenvalue weighted by Gasteiger charge is -2.50. The van der Waals surface area contributed by atoms with Gasteiger partial charge in [0.1, 0.15) is 5.60 Å². The molecule has 1 aliphatic heterocycles. The van der Waals surface area contributed by atoms with Crippen LogP contribution in [0.3, 0.4) is 0 Å². The highest BCUT2D eigenvalue weighted by Gasteiger charge is 2.88. The Labute approximate surface area is 179 Å². The molecule has 1 nitrogen and oxygen atoms in total. The summed E-state index contributed by atoms with van der Waals surface area (Å²) in [5, 5.41) is 0. The summed E-state index contributed by atoms with van der Waals surface area (Å²) < 4.78 is 7.58. The standard InChI is InChI=1S/C29H30O/c1-2-6-20(7-3-1)29-24-17-11-10-16(14-17)23(24)27(30-29)21-8-4-5-9-22(21)28(29)25-18-12-13-19(15-18)26(25)28/h1-9,16-19,23-27H,10-15H2/t16-,17+,18-,19+,23?,24?,25?,26?,27-,28?,29-/m0/s1. The molecule has 9 rings (SSSR count). The van der Waals surface area contributed by atoms with E-state index in [1.807, 2.05) is 0 Å². The van der Waals surface area contributed by atoms with Gasteiger partial charge in [0.25, 0.3) is 0 Å². The van der Waals surface area contributed by atoms with Crippen molar-refractivity contribution in [3.63, 3.8) is 0 Å². The van der Waals surface area contributed by atoms with Crippen molar-refractivity contribution in [3.05, 3.63) is 71.3 Å². The Hall–Kier alpha value is -1.60. The molecule has 0 radical (unpaired) electrons. The van der Waals surface area contributed by atoms with Crippen molar-refractivity contribution < 1.29 is 4.74 Å². The van der Waals surface area contributed by atoms with Crippen molar-refractivity contribution in [3.8, 4) is 0 Å². The van der Waals surface area contributed by atoms with E-state index in [0.29, 0.717) is 6.10 Å². The van der Waals surface area contributed by atoms with Gasteiger partial charge in [0.05, 0.1) is 6.10 Å². The summed E-state index contributed by atoms with van der Waals surface area (Å²) in [6.45, 7) is 0. The van der Waals surface area contributed by atoms with Crippen molar-refractivity contribution >= 4 is 0 Å². The van der Waals surface area contributed by atoms with Crippen LogP contribution in [0.4, 0.5) is 0 Å². The second-order valence-corrected chi connectivity index (χ2v) is 11.9. The molecule has 6 bridgehead atoms. The first-order valence-electron chi connectivity index (χ1n) is 12.7. The molecule has 1 heterocycles. The summed E-state index contributed by atoms with van der Waals surface area (Å²) in [6.07, 6.45) is 9.17. The highest BCUT2D eigenvalue weighted by molar-refractivity contribution is 5.57. The second kappa shape index (κ2) is 4.90. The molecule has 1 saturated heterocycles. The Bertz CT molecular complexity index is 1060. The van der Waals surface area contributed by atoms with Crippen molar-refractivity contribution in [1.29, 1.82) is 0 Å². The average Bonchev–Trinajstić information content (AvgIpc) is 3.42. The molecule has 2 aromatic carbocycles. The van der Waals surface area contributed by atoms with E-state index >= 15 is 0 Å². The summed E-state index contributed by atoms with van der Waals surface area (Å²) in [4.78, 5) is 0. The third-order valence-electron chi connectivity index (χ3n) is 11.5. The molecule has 5 saturated carbocycles. The molecule has 1 heteroatoms. The number of rotatable bonds is 1. The minimum absolute atomic E-state index is 0.0611. The summed E-state index contributed by atoms with van der Waals surface area (Å²) in [6, 6.07) is 21.3. The normalized spacial score (nSPS) is 55.0. The van der Waals surface area contributed by atoms with E-state index < -0.39 is 0 Å². The molecule has 11 atom stereocenters. The minimum atomic E-state index is -0.0611. The fourth-order valence-corrected chi connectivity index (χ4v) is 11.2. The van der Waals surface area contributed by atoms with E-state index in [-0.39, 0.29) is 11.0 Å². The van der Waals surface area contributed by atoms with Crippen LogP contribution in [0.1, 0.15) is 61.3 Å². The zero-order chi connectivity index (χ0) is 19.2. The van der Waals surface area contributed by atoms with E-state index in [1.54, 1.807) is 11.1 Å². The summed E-state index contributed by atoms with van der Waals surface area (Å²) in [5.41, 5.74) is 5.05. The molecule has 6 aliphatic carbocycles. The van der Waals surface area contributed by atoms with Crippen LogP contribution in [0.25, 0.3) is 0 Å². The molecule has 30 heavy (non-hydrogen) atoms. The maximum Gasteiger partial charge on any atom is 0.108 e. The molecular weight excluding hydrogens is 364 g/mol. The molecule has 0 aromatic heterocycles. The van der Waals surface area contributed by atoms with Gasteiger partial charge < -0.3 is 4.74 Å². The molecule has 0 N–H and O–H groups in total. The Balaban J connectivity index is 1.39. The van der Waals surface area contributed by atoms with Crippen LogP contribution in [-0.4, -0.2) is 0 Å². The van der Waals surface area contributed by atoms with Crippen molar-refractivity contribution in [2.45, 2.75) is 55.6 Å². The lowest BCUT2D eigenvalue weighted by Crippen LogP contribution is -2.51. The predicted octanol–water partition coefficient (Wildman–Crippen LogP) is 6.24. The van der Waals surface area contributed by atoms with Crippen LogP contribution >= 0.6 is 0 Å². The first kappa shape index (κ1) is 16.1. The SMILES string of the molecule is c1ccc([C@@]23O[C@@H](c4ccccc4C24C2C4[C@H]4CC[C@@H]2C4)C2C3[C@@H]3CC[C@H]2C3)cc1. The van der Waals surface area contributed by atoms with Gasteiger partial charge in [-0.05, 0) is 96.6 Å². The first-order valence-corrected chi connectivity index (χ1v) is 12.7. The average molecular weight is 395 g/mol. The van der Waals surface area contributed by atoms with Crippen LogP contribution < -0.4 is 0 Å². The number of fused-ring (bicyclic) bond motifs is 13. The third-order valence-corrected chi connectivity index (χ3v) is 11.5. The monoisotopic (exact) mass is 394 g/mol. The maximum absolute atomic E-state index is 7.58. The topological polar surface area (TPSA) is 9.23 Å². The molecule has 2 aromatic rings. The van der Waals surface area contributed by atoms with E-state index in [1.165, 1.54) is 44.1 Å². The molecule has 6 fully saturated rings. The van der Waals surface area contributed by atoms with Gasteiger partial charge in [0.15, 0.2) is 0 Å². The fraction of sp³-hybridized carbons (Fsp3) is 0.586. The van der Waals surface area contributed by atoms with Crippen LogP contribution in [0, 0.1) is 47.3 Å². The quantitative estimate of drug-likeness (QED) is 0.556. The number of hydrogen-bond acceptors (Lipinski definition) is 1. The van der Waals surface area contributed by atoms with E-state index in [2.05, 4.69) is 54.6 Å². The highest BCUT2D eigenvalue weighted by Crippen LogP contribution is 2.88. The Morgan fingerprint density at radius 1 is 0.667 bits per heavy atom. The third kappa shape index (κ3) is 1.42. The van der Waals surface area contributed by atoms with Crippen LogP contribution in [0.2, 0.25) is 0 Å². The largest absolute Gasteiger partial charge is 0.361 e. The van der Waals surface area contributed by atoms with Crippen molar-refractivity contribution in [2.24, 2.45) is 47.3 Å². The number of benzene rings is 2. The summed E-state index contributed by atoms with van der Waals surface area (Å²) >= 11 is 0. The van der Waals surface area contributed by atoms with Gasteiger partial charge in [-0.2, -0.15) is 0 Å². The predicted molar refractivity (Wildman–Crippen MR) is 116 cm³/mol. The van der Waals surface area contributed by atoms with E-state index in [0.717, 1.165) is 47.3 Å². The summed E-state index contributed by atoms with van der Waals surface area (Å²) in [7, 11) is 0. The summed E-state index contributed by atoms with van der Waals surface area (Å²) in [5.74, 6) is 6.92. The zero-order valence-corrected chi connectivity index (χ0v) is 17.5. The van der Waals surface area contributed by atoms with Crippen LogP contribution in [0.15, 0.2) is 54.6 Å². The molecule has 7 aliphatic rings.